The molecule has 12 heteroatoms. The number of carbonyl (C=O) groups excluding carboxylic acids is 3. The Morgan fingerprint density at radius 3 is 1.97 bits per heavy atom. The van der Waals surface area contributed by atoms with Crippen molar-refractivity contribution in [2.24, 2.45) is 11.8 Å². The molecule has 4 aromatic carbocycles. The zero-order valence-electron chi connectivity index (χ0n) is 41.7. The highest BCUT2D eigenvalue weighted by Gasteiger charge is 2.19. The van der Waals surface area contributed by atoms with Crippen LogP contribution in [0.4, 0.5) is 11.5 Å². The lowest BCUT2D eigenvalue weighted by molar-refractivity contribution is -0.112. The van der Waals surface area contributed by atoms with E-state index in [1.54, 1.807) is 26.5 Å². The van der Waals surface area contributed by atoms with Gasteiger partial charge < -0.3 is 39.8 Å². The summed E-state index contributed by atoms with van der Waals surface area (Å²) in [7, 11) is 7.03. The maximum absolute atomic E-state index is 14.2. The van der Waals surface area contributed by atoms with Gasteiger partial charge in [0.05, 0.1) is 19.8 Å². The number of allylic oxidation sites excluding steroid dienone is 4. The van der Waals surface area contributed by atoms with Crippen molar-refractivity contribution >= 4 is 41.3 Å². The van der Waals surface area contributed by atoms with Crippen molar-refractivity contribution < 1.29 is 33.3 Å². The van der Waals surface area contributed by atoms with E-state index in [0.717, 1.165) is 123 Å². The van der Waals surface area contributed by atoms with Crippen LogP contribution >= 0.6 is 0 Å². The van der Waals surface area contributed by atoms with Crippen molar-refractivity contribution in [3.8, 4) is 33.8 Å². The Hall–Kier alpha value is -7.28. The van der Waals surface area contributed by atoms with E-state index >= 15 is 0 Å². The molecule has 0 bridgehead atoms. The van der Waals surface area contributed by atoms with Gasteiger partial charge in [-0.15, -0.1) is 0 Å². The molecule has 2 aliphatic heterocycles. The van der Waals surface area contributed by atoms with Crippen LogP contribution in [0.5, 0.6) is 11.5 Å². The van der Waals surface area contributed by atoms with Crippen LogP contribution in [-0.2, 0) is 36.7 Å². The number of hydrogen-bond acceptors (Lipinski definition) is 10. The number of amides is 2. The van der Waals surface area contributed by atoms with E-state index in [1.165, 1.54) is 16.7 Å². The van der Waals surface area contributed by atoms with Gasteiger partial charge in [-0.25, -0.2) is 4.98 Å². The summed E-state index contributed by atoms with van der Waals surface area (Å²) >= 11 is 0. The van der Waals surface area contributed by atoms with E-state index in [0.29, 0.717) is 52.4 Å². The molecular weight excluding hydrogens is 891 g/mol. The van der Waals surface area contributed by atoms with Crippen LogP contribution in [-0.4, -0.2) is 89.8 Å². The summed E-state index contributed by atoms with van der Waals surface area (Å²) < 4.78 is 22.2. The second-order valence-corrected chi connectivity index (χ2v) is 18.3. The smallest absolute Gasteiger partial charge is 0.257 e. The molecule has 2 aliphatic rings. The van der Waals surface area contributed by atoms with Crippen LogP contribution in [0, 0.1) is 11.8 Å². The van der Waals surface area contributed by atoms with Gasteiger partial charge >= 0.3 is 0 Å². The predicted octanol–water partition coefficient (Wildman–Crippen LogP) is 10.6. The lowest BCUT2D eigenvalue weighted by atomic mass is 9.88. The topological polar surface area (TPSA) is 140 Å². The van der Waals surface area contributed by atoms with Crippen LogP contribution in [0.15, 0.2) is 139 Å². The van der Waals surface area contributed by atoms with Crippen molar-refractivity contribution in [1.82, 2.24) is 15.2 Å². The van der Waals surface area contributed by atoms with Gasteiger partial charge in [0.15, 0.2) is 17.8 Å². The van der Waals surface area contributed by atoms with E-state index in [2.05, 4.69) is 64.5 Å². The van der Waals surface area contributed by atoms with E-state index in [1.807, 2.05) is 92.9 Å². The summed E-state index contributed by atoms with van der Waals surface area (Å²) in [4.78, 5) is 44.7. The van der Waals surface area contributed by atoms with Crippen molar-refractivity contribution in [2.75, 3.05) is 71.9 Å². The molecule has 0 radical (unpaired) electrons. The van der Waals surface area contributed by atoms with E-state index in [4.69, 9.17) is 23.9 Å². The third-order valence-electron chi connectivity index (χ3n) is 13.2. The summed E-state index contributed by atoms with van der Waals surface area (Å²) in [6.07, 6.45) is 17.4. The molecule has 0 saturated carbocycles. The molecule has 2 amide bonds. The Morgan fingerprint density at radius 1 is 0.746 bits per heavy atom. The Labute approximate surface area is 418 Å². The first-order valence-corrected chi connectivity index (χ1v) is 24.5. The summed E-state index contributed by atoms with van der Waals surface area (Å²) in [5.41, 5.74) is 11.5. The molecule has 0 aliphatic carbocycles. The van der Waals surface area contributed by atoms with Crippen LogP contribution < -0.4 is 25.4 Å². The van der Waals surface area contributed by atoms with Gasteiger partial charge in [-0.2, -0.15) is 0 Å². The lowest BCUT2D eigenvalue weighted by Gasteiger charge is -2.26. The van der Waals surface area contributed by atoms with E-state index in [-0.39, 0.29) is 5.91 Å². The second-order valence-electron chi connectivity index (χ2n) is 18.3. The van der Waals surface area contributed by atoms with Gasteiger partial charge in [-0.05, 0) is 145 Å². The Balaban J connectivity index is 1.05. The number of anilines is 2. The maximum atomic E-state index is 14.2. The number of aromatic nitrogens is 1. The Morgan fingerprint density at radius 2 is 1.37 bits per heavy atom. The molecular formula is C59H67N5O7. The summed E-state index contributed by atoms with van der Waals surface area (Å²) in [6.45, 7) is 5.81. The number of aryl methyl sites for hydroxylation is 2. The van der Waals surface area contributed by atoms with Crippen molar-refractivity contribution in [1.29, 1.82) is 0 Å². The minimum atomic E-state index is -0.334. The highest BCUT2D eigenvalue weighted by molar-refractivity contribution is 6.13. The summed E-state index contributed by atoms with van der Waals surface area (Å²) in [5, 5.41) is 8.95. The fourth-order valence-electron chi connectivity index (χ4n) is 9.18. The number of carbonyl (C=O) groups is 3. The molecule has 2 saturated heterocycles. The number of pyridine rings is 1. The first kappa shape index (κ1) is 51.6. The van der Waals surface area contributed by atoms with Gasteiger partial charge in [-0.3, -0.25) is 14.4 Å². The largest absolute Gasteiger partial charge is 0.493 e. The molecule has 0 spiro atoms. The number of methoxy groups -OCH3 is 2. The highest BCUT2D eigenvalue weighted by atomic mass is 16.5. The van der Waals surface area contributed by atoms with Crippen LogP contribution in [0.2, 0.25) is 0 Å². The van der Waals surface area contributed by atoms with Crippen molar-refractivity contribution in [3.05, 3.63) is 161 Å². The SMILES string of the molecule is CNc1ncc(-c2ccc(OC)c(OC)c2)cc1-c1ccc(NC(=O)C(/C=C(\C=O)c2ccc(CCc3ccc(/C(=C/C(C)=C\NC=O)CC4CCOCC4)cc3)cc2)=C/N(C)CC2CCOCC2)cc1. The van der Waals surface area contributed by atoms with Crippen LogP contribution in [0.1, 0.15) is 61.3 Å². The lowest BCUT2D eigenvalue weighted by Crippen LogP contribution is -2.27. The van der Waals surface area contributed by atoms with Crippen LogP contribution in [0.25, 0.3) is 33.4 Å². The molecule has 370 valence electrons. The van der Waals surface area contributed by atoms with E-state index in [9.17, 15) is 14.4 Å². The van der Waals surface area contributed by atoms with Gasteiger partial charge in [0.2, 0.25) is 6.41 Å². The average molecular weight is 958 g/mol. The summed E-state index contributed by atoms with van der Waals surface area (Å²) in [5.74, 6) is 2.65. The quantitative estimate of drug-likeness (QED) is 0.0349. The standard InChI is InChI=1S/C59H67N5O7/c1-41(35-61-40-66)30-50(31-44-22-26-70-27-23-44)46-12-8-42(9-13-46)6-7-43-10-14-47(15-11-43)53(39-65)32-52(38-64(3)37-45-24-28-71-29-25-45)59(67)63-54-19-16-48(17-20-54)55-33-51(36-62-58(55)60-2)49-18-21-56(68-4)57(34-49)69-5/h8-21,30,32-36,38-40,44-45H,6-7,22-29,31,37H2,1-5H3,(H,60,62)(H,61,66)(H,63,67)/b41-35-,50-30+,52-38+,53-32+. The number of nitrogens with one attached hydrogen (secondary N) is 3. The molecule has 2 fully saturated rings. The normalized spacial score (nSPS) is 15.2. The van der Waals surface area contributed by atoms with Crippen molar-refractivity contribution in [3.63, 3.8) is 0 Å². The zero-order valence-corrected chi connectivity index (χ0v) is 41.7. The molecule has 7 rings (SSSR count). The fraction of sp³-hybridized carbons (Fsp3) is 0.322. The minimum Gasteiger partial charge on any atom is -0.493 e. The maximum Gasteiger partial charge on any atom is 0.257 e. The molecule has 71 heavy (non-hydrogen) atoms. The van der Waals surface area contributed by atoms with Gasteiger partial charge in [0.1, 0.15) is 5.82 Å². The third-order valence-corrected chi connectivity index (χ3v) is 13.2. The molecule has 1 aromatic heterocycles. The Kier molecular flexibility index (Phi) is 18.9. The van der Waals surface area contributed by atoms with Gasteiger partial charge in [0, 0.05) is 88.1 Å². The second kappa shape index (κ2) is 26.1. The number of nitrogens with zero attached hydrogens (tertiary/aromatic N) is 2. The van der Waals surface area contributed by atoms with Crippen LogP contribution in [0.3, 0.4) is 0 Å². The average Bonchev–Trinajstić information content (AvgIpc) is 3.41. The summed E-state index contributed by atoms with van der Waals surface area (Å²) in [6, 6.07) is 32.3. The third kappa shape index (κ3) is 14.6. The molecule has 3 N–H and O–H groups in total. The molecule has 0 atom stereocenters. The van der Waals surface area contributed by atoms with Gasteiger partial charge in [-0.1, -0.05) is 72.8 Å². The molecule has 0 unspecified atom stereocenters. The predicted molar refractivity (Wildman–Crippen MR) is 284 cm³/mol. The molecule has 3 heterocycles. The first-order valence-electron chi connectivity index (χ1n) is 24.5. The molecule has 12 nitrogen and oxygen atoms in total. The Bertz CT molecular complexity index is 2700. The fourth-order valence-corrected chi connectivity index (χ4v) is 9.18. The highest BCUT2D eigenvalue weighted by Crippen LogP contribution is 2.36. The number of rotatable bonds is 22. The monoisotopic (exact) mass is 958 g/mol. The first-order chi connectivity index (χ1) is 34.7. The molecule has 5 aromatic rings. The zero-order chi connectivity index (χ0) is 50.0. The number of hydrogen-bond donors (Lipinski definition) is 3. The number of aldehydes is 1. The van der Waals surface area contributed by atoms with Gasteiger partial charge in [0.25, 0.3) is 5.91 Å². The minimum absolute atomic E-state index is 0.334. The van der Waals surface area contributed by atoms with E-state index < -0.39 is 0 Å². The number of ether oxygens (including phenoxy) is 4. The van der Waals surface area contributed by atoms with Crippen molar-refractivity contribution in [2.45, 2.75) is 51.9 Å². The number of benzene rings is 4.